The first kappa shape index (κ1) is 16.9. The summed E-state index contributed by atoms with van der Waals surface area (Å²) in [5, 5.41) is 9.10. The van der Waals surface area contributed by atoms with Crippen molar-refractivity contribution in [3.8, 4) is 11.5 Å². The smallest absolute Gasteiger partial charge is 0.231 e. The molecule has 0 fully saturated rings. The van der Waals surface area contributed by atoms with Crippen LogP contribution in [0.1, 0.15) is 19.4 Å². The fraction of sp³-hybridized carbons (Fsp3) is 0.500. The maximum Gasteiger partial charge on any atom is 0.231 e. The number of nitrogens with zero attached hydrogens (tertiary/aromatic N) is 1. The van der Waals surface area contributed by atoms with Gasteiger partial charge in [0.2, 0.25) is 12.7 Å². The highest BCUT2D eigenvalue weighted by Crippen LogP contribution is 2.32. The van der Waals surface area contributed by atoms with Crippen LogP contribution in [0.3, 0.4) is 0 Å². The summed E-state index contributed by atoms with van der Waals surface area (Å²) in [6.07, 6.45) is 0.818. The fourth-order valence-corrected chi connectivity index (χ4v) is 2.15. The molecule has 0 unspecified atom stereocenters. The number of amides is 1. The SMILES string of the molecule is CCNC(=NCCc1ccc2c(c1)OCO2)NCCNC(C)=O. The lowest BCUT2D eigenvalue weighted by Gasteiger charge is -2.11. The van der Waals surface area contributed by atoms with Crippen LogP contribution in [-0.2, 0) is 11.2 Å². The van der Waals surface area contributed by atoms with Crippen molar-refractivity contribution in [3.05, 3.63) is 23.8 Å². The molecule has 1 aromatic rings. The highest BCUT2D eigenvalue weighted by atomic mass is 16.7. The third-order valence-electron chi connectivity index (χ3n) is 3.24. The molecule has 0 saturated heterocycles. The molecule has 0 aliphatic carbocycles. The van der Waals surface area contributed by atoms with Gasteiger partial charge in [0.25, 0.3) is 0 Å². The van der Waals surface area contributed by atoms with Gasteiger partial charge in [0.05, 0.1) is 0 Å². The number of benzene rings is 1. The minimum absolute atomic E-state index is 0.0310. The van der Waals surface area contributed by atoms with E-state index in [-0.39, 0.29) is 5.91 Å². The molecule has 0 saturated carbocycles. The zero-order chi connectivity index (χ0) is 16.5. The summed E-state index contributed by atoms with van der Waals surface area (Å²) in [6.45, 7) is 6.47. The number of hydrogen-bond acceptors (Lipinski definition) is 4. The van der Waals surface area contributed by atoms with E-state index in [0.29, 0.717) is 26.4 Å². The number of nitrogens with one attached hydrogen (secondary N) is 3. The van der Waals surface area contributed by atoms with Crippen molar-refractivity contribution in [1.82, 2.24) is 16.0 Å². The van der Waals surface area contributed by atoms with E-state index in [1.165, 1.54) is 6.92 Å². The Bertz CT molecular complexity index is 560. The molecule has 2 rings (SSSR count). The highest BCUT2D eigenvalue weighted by molar-refractivity contribution is 5.79. The molecule has 7 heteroatoms. The first-order valence-corrected chi connectivity index (χ1v) is 7.84. The Balaban J connectivity index is 1.79. The standard InChI is InChI=1S/C16H24N4O3/c1-3-17-16(20-9-8-18-12(2)21)19-7-6-13-4-5-14-15(10-13)23-11-22-14/h4-5,10H,3,6-9,11H2,1-2H3,(H,18,21)(H2,17,19,20). The van der Waals surface area contributed by atoms with Crippen LogP contribution in [0.25, 0.3) is 0 Å². The summed E-state index contributed by atoms with van der Waals surface area (Å²) in [6, 6.07) is 5.95. The van der Waals surface area contributed by atoms with Gasteiger partial charge in [-0.25, -0.2) is 0 Å². The molecular formula is C16H24N4O3. The second-order valence-corrected chi connectivity index (χ2v) is 5.11. The summed E-state index contributed by atoms with van der Waals surface area (Å²) in [7, 11) is 0. The topological polar surface area (TPSA) is 84.0 Å². The Labute approximate surface area is 136 Å². The van der Waals surface area contributed by atoms with Gasteiger partial charge in [0, 0.05) is 33.1 Å². The van der Waals surface area contributed by atoms with Gasteiger partial charge in [-0.2, -0.15) is 0 Å². The maximum atomic E-state index is 10.8. The van der Waals surface area contributed by atoms with Crippen LogP contribution in [0.5, 0.6) is 11.5 Å². The fourth-order valence-electron chi connectivity index (χ4n) is 2.15. The van der Waals surface area contributed by atoms with Crippen molar-refractivity contribution < 1.29 is 14.3 Å². The second-order valence-electron chi connectivity index (χ2n) is 5.11. The zero-order valence-electron chi connectivity index (χ0n) is 13.6. The first-order chi connectivity index (χ1) is 11.2. The van der Waals surface area contributed by atoms with E-state index < -0.39 is 0 Å². The largest absolute Gasteiger partial charge is 0.454 e. The molecule has 0 bridgehead atoms. The average Bonchev–Trinajstić information content (AvgIpc) is 2.99. The lowest BCUT2D eigenvalue weighted by Crippen LogP contribution is -2.41. The van der Waals surface area contributed by atoms with Crippen LogP contribution in [0.2, 0.25) is 0 Å². The molecule has 3 N–H and O–H groups in total. The van der Waals surface area contributed by atoms with Gasteiger partial charge in [0.1, 0.15) is 0 Å². The Morgan fingerprint density at radius 3 is 2.74 bits per heavy atom. The van der Waals surface area contributed by atoms with E-state index in [1.807, 2.05) is 25.1 Å². The molecule has 0 spiro atoms. The normalized spacial score (nSPS) is 12.9. The molecule has 7 nitrogen and oxygen atoms in total. The molecular weight excluding hydrogens is 296 g/mol. The van der Waals surface area contributed by atoms with E-state index in [2.05, 4.69) is 20.9 Å². The molecule has 23 heavy (non-hydrogen) atoms. The molecule has 1 aromatic carbocycles. The molecule has 0 radical (unpaired) electrons. The van der Waals surface area contributed by atoms with E-state index in [4.69, 9.17) is 9.47 Å². The van der Waals surface area contributed by atoms with Crippen molar-refractivity contribution in [3.63, 3.8) is 0 Å². The third kappa shape index (κ3) is 5.69. The number of guanidine groups is 1. The lowest BCUT2D eigenvalue weighted by molar-refractivity contribution is -0.118. The summed E-state index contributed by atoms with van der Waals surface area (Å²) >= 11 is 0. The number of ether oxygens (including phenoxy) is 2. The van der Waals surface area contributed by atoms with Crippen LogP contribution in [-0.4, -0.2) is 44.8 Å². The number of aliphatic imine (C=N–C) groups is 1. The summed E-state index contributed by atoms with van der Waals surface area (Å²) in [5.41, 5.74) is 1.16. The van der Waals surface area contributed by atoms with E-state index in [0.717, 1.165) is 36.0 Å². The van der Waals surface area contributed by atoms with Gasteiger partial charge >= 0.3 is 0 Å². The number of hydrogen-bond donors (Lipinski definition) is 3. The molecule has 126 valence electrons. The van der Waals surface area contributed by atoms with Crippen molar-refractivity contribution in [2.24, 2.45) is 4.99 Å². The Morgan fingerprint density at radius 1 is 1.17 bits per heavy atom. The predicted octanol–water partition coefficient (Wildman–Crippen LogP) is 0.649. The Morgan fingerprint density at radius 2 is 1.96 bits per heavy atom. The van der Waals surface area contributed by atoms with Gasteiger partial charge in [-0.05, 0) is 31.0 Å². The Kier molecular flexibility index (Phi) is 6.53. The maximum absolute atomic E-state index is 10.8. The van der Waals surface area contributed by atoms with Crippen LogP contribution < -0.4 is 25.4 Å². The molecule has 1 amide bonds. The molecule has 1 aliphatic heterocycles. The second kappa shape index (κ2) is 8.87. The van der Waals surface area contributed by atoms with Crippen LogP contribution >= 0.6 is 0 Å². The first-order valence-electron chi connectivity index (χ1n) is 7.84. The zero-order valence-corrected chi connectivity index (χ0v) is 13.6. The van der Waals surface area contributed by atoms with Gasteiger partial charge in [0.15, 0.2) is 17.5 Å². The van der Waals surface area contributed by atoms with Crippen molar-refractivity contribution in [2.75, 3.05) is 33.0 Å². The molecule has 0 aromatic heterocycles. The lowest BCUT2D eigenvalue weighted by atomic mass is 10.1. The van der Waals surface area contributed by atoms with E-state index in [1.54, 1.807) is 0 Å². The molecule has 1 aliphatic rings. The molecule has 0 atom stereocenters. The van der Waals surface area contributed by atoms with Crippen molar-refractivity contribution >= 4 is 11.9 Å². The van der Waals surface area contributed by atoms with E-state index >= 15 is 0 Å². The summed E-state index contributed by atoms with van der Waals surface area (Å²) in [5.74, 6) is 2.31. The number of carbonyl (C=O) groups is 1. The number of carbonyl (C=O) groups excluding carboxylic acids is 1. The van der Waals surface area contributed by atoms with Crippen LogP contribution in [0.15, 0.2) is 23.2 Å². The minimum atomic E-state index is -0.0310. The third-order valence-corrected chi connectivity index (χ3v) is 3.24. The van der Waals surface area contributed by atoms with Crippen LogP contribution in [0.4, 0.5) is 0 Å². The monoisotopic (exact) mass is 320 g/mol. The van der Waals surface area contributed by atoms with Crippen molar-refractivity contribution in [1.29, 1.82) is 0 Å². The van der Waals surface area contributed by atoms with Crippen molar-refractivity contribution in [2.45, 2.75) is 20.3 Å². The van der Waals surface area contributed by atoms with E-state index in [9.17, 15) is 4.79 Å². The highest BCUT2D eigenvalue weighted by Gasteiger charge is 2.12. The van der Waals surface area contributed by atoms with Crippen LogP contribution in [0, 0.1) is 0 Å². The van der Waals surface area contributed by atoms with Gasteiger partial charge in [-0.3, -0.25) is 9.79 Å². The van der Waals surface area contributed by atoms with Gasteiger partial charge in [-0.1, -0.05) is 6.07 Å². The predicted molar refractivity (Wildman–Crippen MR) is 88.9 cm³/mol. The number of fused-ring (bicyclic) bond motifs is 1. The van der Waals surface area contributed by atoms with Gasteiger partial charge in [-0.15, -0.1) is 0 Å². The minimum Gasteiger partial charge on any atom is -0.454 e. The number of rotatable bonds is 7. The quantitative estimate of drug-likeness (QED) is 0.390. The summed E-state index contributed by atoms with van der Waals surface area (Å²) < 4.78 is 10.7. The molecule has 1 heterocycles. The summed E-state index contributed by atoms with van der Waals surface area (Å²) in [4.78, 5) is 15.3. The Hall–Kier alpha value is -2.44. The van der Waals surface area contributed by atoms with Gasteiger partial charge < -0.3 is 25.4 Å². The average molecular weight is 320 g/mol.